The summed E-state index contributed by atoms with van der Waals surface area (Å²) in [4.78, 5) is 0. The first kappa shape index (κ1) is 10.5. The molecule has 0 radical (unpaired) electrons. The zero-order valence-corrected chi connectivity index (χ0v) is 8.24. The molecule has 1 fully saturated rings. The maximum Gasteiger partial charge on any atom is 0.177 e. The largest absolute Gasteiger partial charge is 0.349 e. The number of hydrogen-bond acceptors (Lipinski definition) is 2. The molecular formula is C11H18O2. The number of allylic oxidation sites excluding steroid dienone is 3. The Bertz CT molecular complexity index is 167. The lowest BCUT2D eigenvalue weighted by Gasteiger charge is -2.19. The highest BCUT2D eigenvalue weighted by Gasteiger charge is 2.08. The lowest BCUT2D eigenvalue weighted by atomic mass is 10.3. The van der Waals surface area contributed by atoms with Gasteiger partial charge in [0, 0.05) is 0 Å². The van der Waals surface area contributed by atoms with Gasteiger partial charge in [0.2, 0.25) is 0 Å². The fourth-order valence-electron chi connectivity index (χ4n) is 1.11. The minimum Gasteiger partial charge on any atom is -0.349 e. The Morgan fingerprint density at radius 1 is 1.23 bits per heavy atom. The molecule has 13 heavy (non-hydrogen) atoms. The fourth-order valence-corrected chi connectivity index (χ4v) is 1.11. The minimum atomic E-state index is -0.125. The van der Waals surface area contributed by atoms with E-state index in [-0.39, 0.29) is 6.29 Å². The van der Waals surface area contributed by atoms with E-state index in [0.29, 0.717) is 0 Å². The third-order valence-corrected chi connectivity index (χ3v) is 1.82. The van der Waals surface area contributed by atoms with Crippen molar-refractivity contribution < 1.29 is 9.47 Å². The summed E-state index contributed by atoms with van der Waals surface area (Å²) < 4.78 is 10.7. The SMILES string of the molecule is CCCC=CC=CC1OCCCO1. The molecule has 0 aromatic heterocycles. The Hall–Kier alpha value is -0.600. The molecule has 0 N–H and O–H groups in total. The Kier molecular flexibility index (Phi) is 5.54. The molecule has 1 heterocycles. The van der Waals surface area contributed by atoms with Crippen molar-refractivity contribution in [2.75, 3.05) is 13.2 Å². The van der Waals surface area contributed by atoms with Crippen LogP contribution in [0.1, 0.15) is 26.2 Å². The van der Waals surface area contributed by atoms with E-state index in [1.807, 2.05) is 18.2 Å². The first-order valence-corrected chi connectivity index (χ1v) is 5.00. The molecule has 2 heteroatoms. The molecule has 1 aliphatic rings. The predicted molar refractivity (Wildman–Crippen MR) is 53.5 cm³/mol. The predicted octanol–water partition coefficient (Wildman–Crippen LogP) is 2.66. The Balaban J connectivity index is 2.14. The lowest BCUT2D eigenvalue weighted by Crippen LogP contribution is -2.22. The van der Waals surface area contributed by atoms with Crippen LogP contribution in [0.4, 0.5) is 0 Å². The van der Waals surface area contributed by atoms with Gasteiger partial charge in [-0.15, -0.1) is 0 Å². The van der Waals surface area contributed by atoms with Crippen LogP contribution >= 0.6 is 0 Å². The molecule has 0 bridgehead atoms. The van der Waals surface area contributed by atoms with Crippen molar-refractivity contribution >= 4 is 0 Å². The molecule has 1 rings (SSSR count). The molecule has 0 saturated carbocycles. The highest BCUT2D eigenvalue weighted by molar-refractivity contribution is 5.03. The van der Waals surface area contributed by atoms with Crippen LogP contribution in [0.15, 0.2) is 24.3 Å². The van der Waals surface area contributed by atoms with Crippen LogP contribution in [0.5, 0.6) is 0 Å². The average Bonchev–Trinajstić information content (AvgIpc) is 2.19. The summed E-state index contributed by atoms with van der Waals surface area (Å²) >= 11 is 0. The van der Waals surface area contributed by atoms with E-state index >= 15 is 0 Å². The van der Waals surface area contributed by atoms with Gasteiger partial charge in [0.1, 0.15) is 0 Å². The van der Waals surface area contributed by atoms with Gasteiger partial charge < -0.3 is 9.47 Å². The van der Waals surface area contributed by atoms with E-state index in [4.69, 9.17) is 9.47 Å². The quantitative estimate of drug-likeness (QED) is 0.622. The monoisotopic (exact) mass is 182 g/mol. The van der Waals surface area contributed by atoms with Crippen molar-refractivity contribution in [3.8, 4) is 0 Å². The summed E-state index contributed by atoms with van der Waals surface area (Å²) in [6, 6.07) is 0. The van der Waals surface area contributed by atoms with Crippen molar-refractivity contribution in [3.05, 3.63) is 24.3 Å². The van der Waals surface area contributed by atoms with Crippen molar-refractivity contribution in [3.63, 3.8) is 0 Å². The number of unbranched alkanes of at least 4 members (excludes halogenated alkanes) is 1. The van der Waals surface area contributed by atoms with E-state index in [9.17, 15) is 0 Å². The molecule has 0 atom stereocenters. The van der Waals surface area contributed by atoms with E-state index in [0.717, 1.165) is 26.1 Å². The number of ether oxygens (including phenoxy) is 2. The molecule has 0 aromatic carbocycles. The van der Waals surface area contributed by atoms with Gasteiger partial charge in [0.25, 0.3) is 0 Å². The maximum absolute atomic E-state index is 5.34. The summed E-state index contributed by atoms with van der Waals surface area (Å²) in [5.41, 5.74) is 0. The molecule has 0 aliphatic carbocycles. The Morgan fingerprint density at radius 3 is 2.69 bits per heavy atom. The second-order valence-corrected chi connectivity index (χ2v) is 3.07. The molecule has 2 nitrogen and oxygen atoms in total. The number of rotatable bonds is 4. The van der Waals surface area contributed by atoms with Gasteiger partial charge in [-0.1, -0.05) is 31.6 Å². The lowest BCUT2D eigenvalue weighted by molar-refractivity contribution is -0.149. The molecule has 0 amide bonds. The first-order chi connectivity index (χ1) is 6.43. The van der Waals surface area contributed by atoms with Crippen LogP contribution in [0.3, 0.4) is 0 Å². The summed E-state index contributed by atoms with van der Waals surface area (Å²) in [6.45, 7) is 3.79. The standard InChI is InChI=1S/C11H18O2/c1-2-3-4-5-6-8-11-12-9-7-10-13-11/h4-6,8,11H,2-3,7,9-10H2,1H3. The number of hydrogen-bond donors (Lipinski definition) is 0. The zero-order valence-electron chi connectivity index (χ0n) is 8.24. The Morgan fingerprint density at radius 2 is 2.00 bits per heavy atom. The third-order valence-electron chi connectivity index (χ3n) is 1.82. The fraction of sp³-hybridized carbons (Fsp3) is 0.636. The van der Waals surface area contributed by atoms with Gasteiger partial charge in [0.15, 0.2) is 6.29 Å². The average molecular weight is 182 g/mol. The molecule has 1 aliphatic heterocycles. The zero-order chi connectivity index (χ0) is 9.36. The van der Waals surface area contributed by atoms with E-state index in [1.54, 1.807) is 0 Å². The van der Waals surface area contributed by atoms with E-state index < -0.39 is 0 Å². The third kappa shape index (κ3) is 4.86. The first-order valence-electron chi connectivity index (χ1n) is 5.00. The Labute approximate surface area is 80.2 Å². The molecular weight excluding hydrogens is 164 g/mol. The normalized spacial score (nSPS) is 20.4. The van der Waals surface area contributed by atoms with Crippen molar-refractivity contribution in [2.24, 2.45) is 0 Å². The van der Waals surface area contributed by atoms with Gasteiger partial charge in [-0.05, 0) is 18.9 Å². The van der Waals surface area contributed by atoms with Crippen LogP contribution in [-0.2, 0) is 9.47 Å². The van der Waals surface area contributed by atoms with Gasteiger partial charge >= 0.3 is 0 Å². The van der Waals surface area contributed by atoms with Gasteiger partial charge in [0.05, 0.1) is 13.2 Å². The summed E-state index contributed by atoms with van der Waals surface area (Å²) in [5.74, 6) is 0. The van der Waals surface area contributed by atoms with Crippen LogP contribution in [0.2, 0.25) is 0 Å². The van der Waals surface area contributed by atoms with Crippen molar-refractivity contribution in [1.82, 2.24) is 0 Å². The smallest absolute Gasteiger partial charge is 0.177 e. The van der Waals surface area contributed by atoms with E-state index in [2.05, 4.69) is 13.0 Å². The van der Waals surface area contributed by atoms with E-state index in [1.165, 1.54) is 6.42 Å². The van der Waals surface area contributed by atoms with Gasteiger partial charge in [-0.2, -0.15) is 0 Å². The summed E-state index contributed by atoms with van der Waals surface area (Å²) in [5, 5.41) is 0. The molecule has 0 unspecified atom stereocenters. The maximum atomic E-state index is 5.34. The van der Waals surface area contributed by atoms with Crippen LogP contribution in [-0.4, -0.2) is 19.5 Å². The molecule has 0 spiro atoms. The highest BCUT2D eigenvalue weighted by Crippen LogP contribution is 2.05. The second kappa shape index (κ2) is 6.87. The highest BCUT2D eigenvalue weighted by atomic mass is 16.7. The molecule has 0 aromatic rings. The van der Waals surface area contributed by atoms with Crippen molar-refractivity contribution in [1.29, 1.82) is 0 Å². The second-order valence-electron chi connectivity index (χ2n) is 3.07. The minimum absolute atomic E-state index is 0.125. The van der Waals surface area contributed by atoms with Gasteiger partial charge in [-0.3, -0.25) is 0 Å². The molecule has 74 valence electrons. The van der Waals surface area contributed by atoms with Crippen LogP contribution in [0.25, 0.3) is 0 Å². The van der Waals surface area contributed by atoms with Gasteiger partial charge in [-0.25, -0.2) is 0 Å². The topological polar surface area (TPSA) is 18.5 Å². The van der Waals surface area contributed by atoms with Crippen molar-refractivity contribution in [2.45, 2.75) is 32.5 Å². The summed E-state index contributed by atoms with van der Waals surface area (Å²) in [7, 11) is 0. The molecule has 1 saturated heterocycles. The summed E-state index contributed by atoms with van der Waals surface area (Å²) in [6.07, 6.45) is 11.4. The van der Waals surface area contributed by atoms with Crippen LogP contribution < -0.4 is 0 Å². The van der Waals surface area contributed by atoms with Crippen LogP contribution in [0, 0.1) is 0 Å².